The fraction of sp³-hybridized carbons (Fsp3) is 0.133. The van der Waals surface area contributed by atoms with Crippen molar-refractivity contribution in [3.05, 3.63) is 62.9 Å². The largest absolute Gasteiger partial charge is 0.271 e. The van der Waals surface area contributed by atoms with Gasteiger partial charge in [-0.3, -0.25) is 16.3 Å². The third-order valence-corrected chi connectivity index (χ3v) is 5.01. The third-order valence-electron chi connectivity index (χ3n) is 3.29. The number of hydrogen-bond donors (Lipinski definition) is 2. The van der Waals surface area contributed by atoms with Gasteiger partial charge in [-0.2, -0.15) is 0 Å². The van der Waals surface area contributed by atoms with E-state index in [4.69, 9.17) is 5.84 Å². The Bertz CT molecular complexity index is 720. The Kier molecular flexibility index (Phi) is 4.12. The highest BCUT2D eigenvalue weighted by Crippen LogP contribution is 2.28. The summed E-state index contributed by atoms with van der Waals surface area (Å²) in [4.78, 5) is 5.69. The number of para-hydroxylation sites is 1. The van der Waals surface area contributed by atoms with Crippen molar-refractivity contribution >= 4 is 38.2 Å². The van der Waals surface area contributed by atoms with Crippen LogP contribution in [0.25, 0.3) is 10.9 Å². The lowest BCUT2D eigenvalue weighted by molar-refractivity contribution is 0.559. The van der Waals surface area contributed by atoms with Crippen LogP contribution in [0, 0.1) is 0 Å². The van der Waals surface area contributed by atoms with Gasteiger partial charge in [0.2, 0.25) is 0 Å². The van der Waals surface area contributed by atoms with E-state index in [1.165, 1.54) is 10.4 Å². The number of aromatic nitrogens is 1. The van der Waals surface area contributed by atoms with Crippen molar-refractivity contribution in [3.63, 3.8) is 0 Å². The van der Waals surface area contributed by atoms with E-state index in [0.29, 0.717) is 0 Å². The minimum Gasteiger partial charge on any atom is -0.271 e. The first kappa shape index (κ1) is 13.7. The van der Waals surface area contributed by atoms with Gasteiger partial charge in [-0.25, -0.2) is 0 Å². The summed E-state index contributed by atoms with van der Waals surface area (Å²) in [6.07, 6.45) is 2.70. The summed E-state index contributed by atoms with van der Waals surface area (Å²) in [6, 6.07) is 12.4. The van der Waals surface area contributed by atoms with Gasteiger partial charge < -0.3 is 0 Å². The van der Waals surface area contributed by atoms with Crippen LogP contribution in [0.4, 0.5) is 0 Å². The number of rotatable bonds is 4. The van der Waals surface area contributed by atoms with E-state index in [0.717, 1.165) is 21.8 Å². The van der Waals surface area contributed by atoms with Crippen molar-refractivity contribution in [3.8, 4) is 0 Å². The Morgan fingerprint density at radius 1 is 1.30 bits per heavy atom. The highest BCUT2D eigenvalue weighted by atomic mass is 79.9. The molecule has 0 spiro atoms. The van der Waals surface area contributed by atoms with Gasteiger partial charge in [0.05, 0.1) is 11.6 Å². The number of nitrogens with zero attached hydrogens (tertiary/aromatic N) is 1. The van der Waals surface area contributed by atoms with Crippen LogP contribution in [0.5, 0.6) is 0 Å². The molecule has 3 N–H and O–H groups in total. The average Bonchev–Trinajstić information content (AvgIpc) is 2.89. The van der Waals surface area contributed by atoms with E-state index < -0.39 is 0 Å². The van der Waals surface area contributed by atoms with Crippen LogP contribution in [-0.2, 0) is 6.42 Å². The zero-order valence-corrected chi connectivity index (χ0v) is 13.1. The molecule has 1 aromatic carbocycles. The summed E-state index contributed by atoms with van der Waals surface area (Å²) in [5.74, 6) is 5.77. The molecule has 2 aromatic heterocycles. The molecule has 0 amide bonds. The van der Waals surface area contributed by atoms with E-state index in [2.05, 4.69) is 43.9 Å². The molecule has 5 heteroatoms. The van der Waals surface area contributed by atoms with E-state index in [1.807, 2.05) is 30.5 Å². The average molecular weight is 348 g/mol. The maximum Gasteiger partial charge on any atom is 0.0705 e. The van der Waals surface area contributed by atoms with Crippen molar-refractivity contribution in [2.24, 2.45) is 5.84 Å². The fourth-order valence-electron chi connectivity index (χ4n) is 2.34. The molecule has 3 rings (SSSR count). The van der Waals surface area contributed by atoms with Crippen LogP contribution in [0.2, 0.25) is 0 Å². The number of hydrazine groups is 1. The molecule has 0 aliphatic rings. The predicted molar refractivity (Wildman–Crippen MR) is 87.5 cm³/mol. The first-order valence-electron chi connectivity index (χ1n) is 6.30. The minimum absolute atomic E-state index is 0.0773. The minimum atomic E-state index is 0.0773. The molecule has 1 atom stereocenters. The first-order chi connectivity index (χ1) is 9.78. The quantitative estimate of drug-likeness (QED) is 0.557. The molecule has 0 bridgehead atoms. The number of nitrogens with one attached hydrogen (secondary N) is 1. The van der Waals surface area contributed by atoms with Crippen molar-refractivity contribution in [2.75, 3.05) is 0 Å². The molecule has 1 unspecified atom stereocenters. The molecule has 0 saturated heterocycles. The van der Waals surface area contributed by atoms with Crippen LogP contribution in [0.1, 0.15) is 16.5 Å². The molecule has 0 fully saturated rings. The Morgan fingerprint density at radius 2 is 2.15 bits per heavy atom. The summed E-state index contributed by atoms with van der Waals surface area (Å²) in [5, 5.41) is 3.24. The molecule has 0 radical (unpaired) electrons. The third kappa shape index (κ3) is 2.76. The second-order valence-corrected chi connectivity index (χ2v) is 6.48. The Balaban J connectivity index is 1.98. The molecule has 3 nitrogen and oxygen atoms in total. The summed E-state index contributed by atoms with van der Waals surface area (Å²) in [6.45, 7) is 0. The molecule has 0 aliphatic heterocycles. The predicted octanol–water partition coefficient (Wildman–Crippen LogP) is 3.81. The van der Waals surface area contributed by atoms with Crippen molar-refractivity contribution in [1.82, 2.24) is 10.4 Å². The number of benzene rings is 1. The lowest BCUT2D eigenvalue weighted by Crippen LogP contribution is -2.29. The van der Waals surface area contributed by atoms with Gasteiger partial charge in [-0.15, -0.1) is 11.3 Å². The van der Waals surface area contributed by atoms with Gasteiger partial charge in [-0.05, 0) is 39.7 Å². The summed E-state index contributed by atoms with van der Waals surface area (Å²) >= 11 is 5.22. The molecule has 0 saturated carbocycles. The molecule has 2 heterocycles. The molecule has 102 valence electrons. The second-order valence-electron chi connectivity index (χ2n) is 4.57. The van der Waals surface area contributed by atoms with Crippen LogP contribution in [0.15, 0.2) is 52.4 Å². The summed E-state index contributed by atoms with van der Waals surface area (Å²) < 4.78 is 1.12. The Labute approximate surface area is 129 Å². The van der Waals surface area contributed by atoms with Gasteiger partial charge >= 0.3 is 0 Å². The first-order valence-corrected chi connectivity index (χ1v) is 7.98. The number of halogens is 1. The standard InChI is InChI=1S/C15H14BrN3S/c16-10-7-11(20-9-10)8-15(19-17)13-5-6-18-14-4-2-1-3-12(13)14/h1-7,9,15,19H,8,17H2. The van der Waals surface area contributed by atoms with Gasteiger partial charge in [0.15, 0.2) is 0 Å². The van der Waals surface area contributed by atoms with Crippen molar-refractivity contribution in [2.45, 2.75) is 12.5 Å². The summed E-state index contributed by atoms with van der Waals surface area (Å²) in [5.41, 5.74) is 5.11. The normalized spacial score (nSPS) is 12.7. The molecule has 20 heavy (non-hydrogen) atoms. The molecular formula is C15H14BrN3S. The van der Waals surface area contributed by atoms with Crippen LogP contribution in [-0.4, -0.2) is 4.98 Å². The SMILES string of the molecule is NNC(Cc1cc(Br)cs1)c1ccnc2ccccc12. The number of thiophene rings is 1. The van der Waals surface area contributed by atoms with Gasteiger partial charge in [-0.1, -0.05) is 18.2 Å². The number of fused-ring (bicyclic) bond motifs is 1. The smallest absolute Gasteiger partial charge is 0.0705 e. The zero-order valence-electron chi connectivity index (χ0n) is 10.7. The van der Waals surface area contributed by atoms with Crippen LogP contribution >= 0.6 is 27.3 Å². The van der Waals surface area contributed by atoms with E-state index in [9.17, 15) is 0 Å². The van der Waals surface area contributed by atoms with E-state index >= 15 is 0 Å². The maximum absolute atomic E-state index is 5.77. The Hall–Kier alpha value is -1.27. The topological polar surface area (TPSA) is 50.9 Å². The van der Waals surface area contributed by atoms with Crippen molar-refractivity contribution in [1.29, 1.82) is 0 Å². The second kappa shape index (κ2) is 6.01. The molecular weight excluding hydrogens is 334 g/mol. The maximum atomic E-state index is 5.77. The molecule has 3 aromatic rings. The molecule has 0 aliphatic carbocycles. The van der Waals surface area contributed by atoms with Crippen LogP contribution < -0.4 is 11.3 Å². The fourth-order valence-corrected chi connectivity index (χ4v) is 3.84. The van der Waals surface area contributed by atoms with E-state index in [-0.39, 0.29) is 6.04 Å². The summed E-state index contributed by atoms with van der Waals surface area (Å²) in [7, 11) is 0. The van der Waals surface area contributed by atoms with Crippen LogP contribution in [0.3, 0.4) is 0 Å². The number of nitrogens with two attached hydrogens (primary N) is 1. The highest BCUT2D eigenvalue weighted by Gasteiger charge is 2.14. The van der Waals surface area contributed by atoms with Crippen molar-refractivity contribution < 1.29 is 0 Å². The lowest BCUT2D eigenvalue weighted by Gasteiger charge is -2.17. The lowest BCUT2D eigenvalue weighted by atomic mass is 9.99. The van der Waals surface area contributed by atoms with Gasteiger partial charge in [0.1, 0.15) is 0 Å². The van der Waals surface area contributed by atoms with E-state index in [1.54, 1.807) is 11.3 Å². The zero-order chi connectivity index (χ0) is 13.9. The van der Waals surface area contributed by atoms with Gasteiger partial charge in [0, 0.05) is 32.7 Å². The highest BCUT2D eigenvalue weighted by molar-refractivity contribution is 9.10. The number of pyridine rings is 1. The van der Waals surface area contributed by atoms with Gasteiger partial charge in [0.25, 0.3) is 0 Å². The Morgan fingerprint density at radius 3 is 2.90 bits per heavy atom. The monoisotopic (exact) mass is 347 g/mol. The number of hydrogen-bond acceptors (Lipinski definition) is 4.